The molecule has 3 aromatic carbocycles. The monoisotopic (exact) mass is 626 g/mol. The number of aromatic nitrogens is 2. The van der Waals surface area contributed by atoms with Crippen LogP contribution in [0, 0.1) is 11.7 Å². The van der Waals surface area contributed by atoms with Gasteiger partial charge in [-0.1, -0.05) is 47.5 Å². The maximum atomic E-state index is 14.1. The van der Waals surface area contributed by atoms with Crippen LogP contribution in [0.1, 0.15) is 53.7 Å². The molecule has 218 valence electrons. The summed E-state index contributed by atoms with van der Waals surface area (Å²) < 4.78 is 44.9. The molecule has 42 heavy (non-hydrogen) atoms. The molecule has 1 N–H and O–H groups in total. The van der Waals surface area contributed by atoms with Gasteiger partial charge in [0.05, 0.1) is 16.5 Å². The second-order valence-corrected chi connectivity index (χ2v) is 13.4. The third-order valence-corrected chi connectivity index (χ3v) is 10.3. The molecule has 1 aromatic heterocycles. The molecule has 0 radical (unpaired) electrons. The first-order valence-electron chi connectivity index (χ1n) is 13.7. The highest BCUT2D eigenvalue weighted by Crippen LogP contribution is 2.51. The van der Waals surface area contributed by atoms with Gasteiger partial charge in [0.15, 0.2) is 0 Å². The Kier molecular flexibility index (Phi) is 7.87. The minimum absolute atomic E-state index is 0.0308. The largest absolute Gasteiger partial charge is 0.337 e. The molecule has 0 aliphatic heterocycles. The van der Waals surface area contributed by atoms with Crippen LogP contribution in [0.2, 0.25) is 10.0 Å². The van der Waals surface area contributed by atoms with Crippen LogP contribution in [0.15, 0.2) is 78.0 Å². The smallest absolute Gasteiger partial charge is 0.241 e. The number of nitrogens with zero attached hydrogens (tertiary/aromatic N) is 3. The van der Waals surface area contributed by atoms with Crippen molar-refractivity contribution in [3.05, 3.63) is 111 Å². The van der Waals surface area contributed by atoms with E-state index < -0.39 is 21.9 Å². The number of anilines is 1. The first kappa shape index (κ1) is 28.9. The number of carbonyl (C=O) groups excluding carboxylic acids is 1. The third kappa shape index (κ3) is 5.71. The van der Waals surface area contributed by atoms with Crippen LogP contribution < -0.4 is 9.62 Å². The number of aryl methyl sites for hydroxylation is 2. The lowest BCUT2D eigenvalue weighted by Crippen LogP contribution is -2.34. The molecule has 0 bridgehead atoms. The van der Waals surface area contributed by atoms with Crippen molar-refractivity contribution in [1.29, 1.82) is 0 Å². The third-order valence-electron chi connectivity index (χ3n) is 8.15. The Morgan fingerprint density at radius 2 is 1.90 bits per heavy atom. The summed E-state index contributed by atoms with van der Waals surface area (Å²) >= 11 is 12.3. The fourth-order valence-electron chi connectivity index (χ4n) is 5.75. The van der Waals surface area contributed by atoms with Crippen LogP contribution in [0.5, 0.6) is 0 Å². The summed E-state index contributed by atoms with van der Waals surface area (Å²) in [5.41, 5.74) is 3.46. The van der Waals surface area contributed by atoms with E-state index in [1.54, 1.807) is 11.1 Å². The van der Waals surface area contributed by atoms with Crippen molar-refractivity contribution in [3.63, 3.8) is 0 Å². The maximum absolute atomic E-state index is 14.1. The van der Waals surface area contributed by atoms with Gasteiger partial charge >= 0.3 is 0 Å². The topological polar surface area (TPSA) is 84.3 Å². The van der Waals surface area contributed by atoms with Gasteiger partial charge in [0.2, 0.25) is 15.9 Å². The standard InChI is InChI=1S/C31H29Cl2FN4O3S/c1-37-14-13-35-30(37)18-38(31(39)25-17-24(25)22-6-2-3-7-26(22)32)20-10-9-19-5-4-8-29(23(19)15-20)36-42(40,41)21-11-12-28(34)27(33)16-21/h2-3,6-7,9-16,24-25,29,36H,4-5,8,17-18H2,1H3/t24-,25+,29-/m0/s1. The van der Waals surface area contributed by atoms with Gasteiger partial charge in [-0.3, -0.25) is 4.79 Å². The average Bonchev–Trinajstić information content (AvgIpc) is 3.66. The SMILES string of the molecule is Cn1ccnc1CN(C(=O)[C@@H]1C[C@H]1c1ccccc1Cl)c1ccc2c(c1)[C@@H](NS(=O)(=O)c1ccc(F)c(Cl)c1)CCC2. The second kappa shape index (κ2) is 11.4. The van der Waals surface area contributed by atoms with Gasteiger partial charge in [0, 0.05) is 42.1 Å². The van der Waals surface area contributed by atoms with Crippen LogP contribution in [0.4, 0.5) is 10.1 Å². The Labute approximate surface area is 254 Å². The van der Waals surface area contributed by atoms with Crippen molar-refractivity contribution in [2.75, 3.05) is 4.90 Å². The summed E-state index contributed by atoms with van der Waals surface area (Å²) in [5.74, 6) is -0.181. The molecule has 6 rings (SSSR count). The molecule has 1 heterocycles. The van der Waals surface area contributed by atoms with Gasteiger partial charge in [0.1, 0.15) is 11.6 Å². The average molecular weight is 628 g/mol. The maximum Gasteiger partial charge on any atom is 0.241 e. The predicted octanol–water partition coefficient (Wildman–Crippen LogP) is 6.56. The van der Waals surface area contributed by atoms with E-state index in [1.807, 2.05) is 60.3 Å². The van der Waals surface area contributed by atoms with Crippen LogP contribution in [0.25, 0.3) is 0 Å². The van der Waals surface area contributed by atoms with E-state index in [-0.39, 0.29) is 34.2 Å². The van der Waals surface area contributed by atoms with Crippen molar-refractivity contribution in [2.45, 2.75) is 49.1 Å². The van der Waals surface area contributed by atoms with Crippen molar-refractivity contribution in [2.24, 2.45) is 13.0 Å². The Bertz CT molecular complexity index is 1780. The zero-order valence-electron chi connectivity index (χ0n) is 22.8. The summed E-state index contributed by atoms with van der Waals surface area (Å²) in [6, 6.07) is 16.2. The Morgan fingerprint density at radius 3 is 2.64 bits per heavy atom. The highest BCUT2D eigenvalue weighted by molar-refractivity contribution is 7.89. The minimum Gasteiger partial charge on any atom is -0.337 e. The summed E-state index contributed by atoms with van der Waals surface area (Å²) in [5, 5.41) is 0.391. The number of amides is 1. The molecule has 11 heteroatoms. The zero-order chi connectivity index (χ0) is 29.6. The van der Waals surface area contributed by atoms with Gasteiger partial charge in [-0.2, -0.15) is 0 Å². The zero-order valence-corrected chi connectivity index (χ0v) is 25.1. The van der Waals surface area contributed by atoms with Gasteiger partial charge < -0.3 is 9.47 Å². The molecule has 0 saturated heterocycles. The Hall–Kier alpha value is -3.24. The summed E-state index contributed by atoms with van der Waals surface area (Å²) in [7, 11) is -2.11. The van der Waals surface area contributed by atoms with E-state index in [4.69, 9.17) is 23.2 Å². The first-order valence-corrected chi connectivity index (χ1v) is 16.0. The molecule has 1 saturated carbocycles. The number of carbonyl (C=O) groups is 1. The molecule has 1 amide bonds. The molecule has 4 aromatic rings. The lowest BCUT2D eigenvalue weighted by Gasteiger charge is -2.29. The lowest BCUT2D eigenvalue weighted by atomic mass is 9.87. The van der Waals surface area contributed by atoms with Gasteiger partial charge in [0.25, 0.3) is 0 Å². The number of sulfonamides is 1. The number of fused-ring (bicyclic) bond motifs is 1. The summed E-state index contributed by atoms with van der Waals surface area (Å²) in [6.07, 6.45) is 6.40. The molecule has 3 atom stereocenters. The first-order chi connectivity index (χ1) is 20.1. The van der Waals surface area contributed by atoms with Crippen LogP contribution in [-0.4, -0.2) is 23.9 Å². The lowest BCUT2D eigenvalue weighted by molar-refractivity contribution is -0.120. The number of halogens is 3. The number of rotatable bonds is 8. The number of hydrogen-bond acceptors (Lipinski definition) is 4. The second-order valence-electron chi connectivity index (χ2n) is 10.9. The number of imidazole rings is 1. The fraction of sp³-hybridized carbons (Fsp3) is 0.290. The number of hydrogen-bond donors (Lipinski definition) is 1. The molecule has 2 aliphatic rings. The minimum atomic E-state index is -3.99. The molecule has 2 aliphatic carbocycles. The van der Waals surface area contributed by atoms with E-state index in [9.17, 15) is 17.6 Å². The van der Waals surface area contributed by atoms with Crippen LogP contribution in [0.3, 0.4) is 0 Å². The quantitative estimate of drug-likeness (QED) is 0.240. The van der Waals surface area contributed by atoms with E-state index in [2.05, 4.69) is 9.71 Å². The van der Waals surface area contributed by atoms with E-state index in [0.29, 0.717) is 23.6 Å². The summed E-state index contributed by atoms with van der Waals surface area (Å²) in [4.78, 5) is 20.1. The molecule has 7 nitrogen and oxygen atoms in total. The molecular weight excluding hydrogens is 598 g/mol. The highest BCUT2D eigenvalue weighted by atomic mass is 35.5. The van der Waals surface area contributed by atoms with Crippen LogP contribution >= 0.6 is 23.2 Å². The van der Waals surface area contributed by atoms with E-state index >= 15 is 0 Å². The Morgan fingerprint density at radius 1 is 1.10 bits per heavy atom. The van der Waals surface area contributed by atoms with Gasteiger partial charge in [-0.15, -0.1) is 0 Å². The van der Waals surface area contributed by atoms with Gasteiger partial charge in [-0.05, 0) is 84.7 Å². The fourth-order valence-corrected chi connectivity index (χ4v) is 7.55. The predicted molar refractivity (Wildman–Crippen MR) is 161 cm³/mol. The molecule has 0 unspecified atom stereocenters. The highest BCUT2D eigenvalue weighted by Gasteiger charge is 2.47. The Balaban J connectivity index is 1.32. The van der Waals surface area contributed by atoms with Crippen molar-refractivity contribution >= 4 is 44.8 Å². The molecule has 1 fully saturated rings. The molecule has 0 spiro atoms. The molecular formula is C31H29Cl2FN4O3S. The normalized spacial score (nSPS) is 19.8. The van der Waals surface area contributed by atoms with Crippen LogP contribution in [-0.2, 0) is 34.8 Å². The summed E-state index contributed by atoms with van der Waals surface area (Å²) in [6.45, 7) is 0.261. The van der Waals surface area contributed by atoms with Crippen molar-refractivity contribution < 1.29 is 17.6 Å². The van der Waals surface area contributed by atoms with Gasteiger partial charge in [-0.25, -0.2) is 22.5 Å². The number of benzene rings is 3. The number of nitrogens with one attached hydrogen (secondary N) is 1. The van der Waals surface area contributed by atoms with Crippen molar-refractivity contribution in [1.82, 2.24) is 14.3 Å². The van der Waals surface area contributed by atoms with E-state index in [0.717, 1.165) is 47.5 Å². The van der Waals surface area contributed by atoms with E-state index in [1.165, 1.54) is 6.07 Å². The van der Waals surface area contributed by atoms with Crippen molar-refractivity contribution in [3.8, 4) is 0 Å².